The number of alkyl halides is 3. The van der Waals surface area contributed by atoms with Crippen LogP contribution in [0.3, 0.4) is 0 Å². The third kappa shape index (κ3) is 6.84. The highest BCUT2D eigenvalue weighted by molar-refractivity contribution is 8.00. The maximum atomic E-state index is 12.3. The van der Waals surface area contributed by atoms with E-state index in [9.17, 15) is 18.0 Å². The molecule has 0 saturated heterocycles. The van der Waals surface area contributed by atoms with Gasteiger partial charge >= 0.3 is 6.18 Å². The van der Waals surface area contributed by atoms with Gasteiger partial charge in [-0.05, 0) is 30.4 Å². The average molecular weight is 237 g/mol. The largest absolute Gasteiger partial charge is 0.416 e. The first-order valence-electron chi connectivity index (χ1n) is 3.94. The topological polar surface area (TPSA) is 29.1 Å². The van der Waals surface area contributed by atoms with Crippen molar-refractivity contribution in [2.45, 2.75) is 13.1 Å². The Hall–Kier alpha value is -1.17. The van der Waals surface area contributed by atoms with E-state index in [1.165, 1.54) is 24.5 Å². The zero-order valence-electron chi connectivity index (χ0n) is 7.91. The van der Waals surface area contributed by atoms with E-state index in [1.54, 1.807) is 0 Å². The van der Waals surface area contributed by atoms with Gasteiger partial charge in [0, 0.05) is 0 Å². The number of hydrogen-bond donors (Lipinski definition) is 1. The molecule has 0 aromatic carbocycles. The Morgan fingerprint density at radius 3 is 2.53 bits per heavy atom. The number of nitrogens with one attached hydrogen (secondary N) is 1. The molecule has 1 amide bonds. The van der Waals surface area contributed by atoms with Crippen LogP contribution in [0.5, 0.6) is 0 Å². The Bertz CT molecular complexity index is 282. The molecule has 84 valence electrons. The average Bonchev–Trinajstić information content (AvgIpc) is 2.14. The van der Waals surface area contributed by atoms with Crippen molar-refractivity contribution in [1.29, 1.82) is 0 Å². The molecular formula is C9H10F3NOS. The summed E-state index contributed by atoms with van der Waals surface area (Å²) in [5, 5.41) is 1.34. The fourth-order valence-corrected chi connectivity index (χ4v) is 0.965. The lowest BCUT2D eigenvalue weighted by atomic mass is 10.2. The molecule has 0 aromatic rings. The second-order valence-corrected chi connectivity index (χ2v) is 3.05. The summed E-state index contributed by atoms with van der Waals surface area (Å²) in [7, 11) is 0. The molecule has 0 aliphatic rings. The SMILES string of the molecule is C\C=C/C(=C\C=C\SNC=O)C(F)(F)F. The first kappa shape index (κ1) is 13.8. The molecule has 0 unspecified atom stereocenters. The van der Waals surface area contributed by atoms with Crippen molar-refractivity contribution in [3.05, 3.63) is 35.3 Å². The van der Waals surface area contributed by atoms with Crippen molar-refractivity contribution < 1.29 is 18.0 Å². The number of rotatable bonds is 5. The highest BCUT2D eigenvalue weighted by atomic mass is 32.2. The van der Waals surface area contributed by atoms with Crippen LogP contribution in [0.1, 0.15) is 6.92 Å². The zero-order chi connectivity index (χ0) is 11.7. The second-order valence-electron chi connectivity index (χ2n) is 2.30. The maximum absolute atomic E-state index is 12.3. The van der Waals surface area contributed by atoms with E-state index < -0.39 is 11.7 Å². The molecule has 0 aromatic heterocycles. The summed E-state index contributed by atoms with van der Waals surface area (Å²) in [5.41, 5.74) is -0.743. The highest BCUT2D eigenvalue weighted by Gasteiger charge is 2.30. The predicted octanol–water partition coefficient (Wildman–Crippen LogP) is 2.96. The second kappa shape index (κ2) is 7.17. The first-order valence-corrected chi connectivity index (χ1v) is 4.82. The fraction of sp³-hybridized carbons (Fsp3) is 0.222. The number of amides is 1. The summed E-state index contributed by atoms with van der Waals surface area (Å²) in [5.74, 6) is 0. The smallest absolute Gasteiger partial charge is 0.299 e. The van der Waals surface area contributed by atoms with Crippen molar-refractivity contribution in [2.75, 3.05) is 0 Å². The number of halogens is 3. The summed E-state index contributed by atoms with van der Waals surface area (Å²) < 4.78 is 39.0. The van der Waals surface area contributed by atoms with E-state index in [4.69, 9.17) is 0 Å². The van der Waals surface area contributed by atoms with E-state index in [1.807, 2.05) is 0 Å². The fourth-order valence-electron chi connectivity index (χ4n) is 0.673. The maximum Gasteiger partial charge on any atom is 0.416 e. The van der Waals surface area contributed by atoms with E-state index in [0.717, 1.165) is 24.1 Å². The molecule has 0 heterocycles. The summed E-state index contributed by atoms with van der Waals surface area (Å²) in [4.78, 5) is 9.79. The third-order valence-corrected chi connectivity index (χ3v) is 1.74. The quantitative estimate of drug-likeness (QED) is 0.345. The van der Waals surface area contributed by atoms with Crippen LogP contribution in [0, 0.1) is 0 Å². The van der Waals surface area contributed by atoms with Crippen LogP contribution >= 0.6 is 11.9 Å². The van der Waals surface area contributed by atoms with E-state index >= 15 is 0 Å². The van der Waals surface area contributed by atoms with E-state index in [2.05, 4.69) is 4.72 Å². The third-order valence-electron chi connectivity index (χ3n) is 1.21. The van der Waals surface area contributed by atoms with Crippen molar-refractivity contribution in [3.63, 3.8) is 0 Å². The molecule has 2 nitrogen and oxygen atoms in total. The van der Waals surface area contributed by atoms with E-state index in [-0.39, 0.29) is 0 Å². The minimum Gasteiger partial charge on any atom is -0.299 e. The number of carbonyl (C=O) groups excluding carboxylic acids is 1. The van der Waals surface area contributed by atoms with Crippen LogP contribution in [0.2, 0.25) is 0 Å². The van der Waals surface area contributed by atoms with Crippen LogP contribution in [-0.2, 0) is 4.79 Å². The van der Waals surface area contributed by atoms with Crippen molar-refractivity contribution >= 4 is 18.4 Å². The van der Waals surface area contributed by atoms with Gasteiger partial charge in [-0.2, -0.15) is 13.2 Å². The molecule has 0 spiro atoms. The zero-order valence-corrected chi connectivity index (χ0v) is 8.73. The minimum absolute atomic E-state index is 0.440. The van der Waals surface area contributed by atoms with E-state index in [0.29, 0.717) is 6.41 Å². The molecule has 0 rings (SSSR count). The Morgan fingerprint density at radius 1 is 1.40 bits per heavy atom. The first-order chi connectivity index (χ1) is 7.02. The lowest BCUT2D eigenvalue weighted by Gasteiger charge is -2.05. The molecular weight excluding hydrogens is 227 g/mol. The van der Waals surface area contributed by atoms with Gasteiger partial charge in [-0.25, -0.2) is 0 Å². The molecule has 0 radical (unpaired) electrons. The van der Waals surface area contributed by atoms with Gasteiger partial charge in [-0.1, -0.05) is 18.2 Å². The number of carbonyl (C=O) groups is 1. The molecule has 0 atom stereocenters. The Balaban J connectivity index is 4.43. The van der Waals surface area contributed by atoms with Gasteiger partial charge in [-0.15, -0.1) is 0 Å². The normalized spacial score (nSPS) is 13.7. The van der Waals surface area contributed by atoms with Crippen molar-refractivity contribution in [3.8, 4) is 0 Å². The Kier molecular flexibility index (Phi) is 6.61. The van der Waals surface area contributed by atoms with Gasteiger partial charge < -0.3 is 0 Å². The van der Waals surface area contributed by atoms with Crippen LogP contribution < -0.4 is 4.72 Å². The molecule has 0 aliphatic heterocycles. The lowest BCUT2D eigenvalue weighted by molar-refractivity contribution is -0.107. The standard InChI is InChI=1S/C9H10F3NOS/c1-2-4-8(9(10,11)12)5-3-6-15-13-7-14/h2-7H,1H3,(H,13,14)/b4-2-,6-3+,8-5+. The molecule has 15 heavy (non-hydrogen) atoms. The summed E-state index contributed by atoms with van der Waals surface area (Å²) in [6.07, 6.45) is 0.505. The van der Waals surface area contributed by atoms with Crippen molar-refractivity contribution in [1.82, 2.24) is 4.72 Å². The lowest BCUT2D eigenvalue weighted by Crippen LogP contribution is -2.09. The predicted molar refractivity (Wildman–Crippen MR) is 54.9 cm³/mol. The van der Waals surface area contributed by atoms with Gasteiger partial charge in [0.25, 0.3) is 0 Å². The summed E-state index contributed by atoms with van der Waals surface area (Å²) in [6, 6.07) is 0. The summed E-state index contributed by atoms with van der Waals surface area (Å²) >= 11 is 0.889. The number of allylic oxidation sites excluding steroid dienone is 5. The van der Waals surface area contributed by atoms with Gasteiger partial charge in [0.1, 0.15) is 0 Å². The van der Waals surface area contributed by atoms with Gasteiger partial charge in [0.05, 0.1) is 5.57 Å². The molecule has 0 fully saturated rings. The van der Waals surface area contributed by atoms with Gasteiger partial charge in [-0.3, -0.25) is 9.52 Å². The Morgan fingerprint density at radius 2 is 2.07 bits per heavy atom. The monoisotopic (exact) mass is 237 g/mol. The molecule has 6 heteroatoms. The number of hydrogen-bond acceptors (Lipinski definition) is 2. The van der Waals surface area contributed by atoms with Gasteiger partial charge in [0.2, 0.25) is 6.41 Å². The van der Waals surface area contributed by atoms with Gasteiger partial charge in [0.15, 0.2) is 0 Å². The Labute approximate surface area is 90.1 Å². The molecule has 1 N–H and O–H groups in total. The van der Waals surface area contributed by atoms with Crippen LogP contribution in [0.25, 0.3) is 0 Å². The van der Waals surface area contributed by atoms with Crippen LogP contribution in [0.15, 0.2) is 35.3 Å². The highest BCUT2D eigenvalue weighted by Crippen LogP contribution is 2.26. The van der Waals surface area contributed by atoms with Crippen LogP contribution in [0.4, 0.5) is 13.2 Å². The molecule has 0 aliphatic carbocycles. The molecule has 0 bridgehead atoms. The minimum atomic E-state index is -4.36. The van der Waals surface area contributed by atoms with Crippen LogP contribution in [-0.4, -0.2) is 12.6 Å². The summed E-state index contributed by atoms with van der Waals surface area (Å²) in [6.45, 7) is 1.51. The molecule has 0 saturated carbocycles. The van der Waals surface area contributed by atoms with Crippen molar-refractivity contribution in [2.24, 2.45) is 0 Å².